The van der Waals surface area contributed by atoms with Gasteiger partial charge in [-0.25, -0.2) is 0 Å². The van der Waals surface area contributed by atoms with E-state index in [4.69, 9.17) is 32.7 Å². The maximum atomic E-state index is 12.3. The van der Waals surface area contributed by atoms with Crippen LogP contribution in [0, 0.1) is 0 Å². The van der Waals surface area contributed by atoms with Crippen LogP contribution in [0.2, 0.25) is 10.0 Å². The molecule has 0 atom stereocenters. The van der Waals surface area contributed by atoms with Crippen molar-refractivity contribution in [2.75, 3.05) is 7.11 Å². The summed E-state index contributed by atoms with van der Waals surface area (Å²) in [4.78, 5) is 12.3. The first-order chi connectivity index (χ1) is 14.0. The Morgan fingerprint density at radius 2 is 1.83 bits per heavy atom. The number of ether oxygens (including phenoxy) is 2. The van der Waals surface area contributed by atoms with Crippen molar-refractivity contribution in [1.82, 2.24) is 0 Å². The molecule has 1 N–H and O–H groups in total. The fraction of sp³-hybridized carbons (Fsp3) is 0.0870. The molecule has 0 unspecified atom stereocenters. The zero-order valence-electron chi connectivity index (χ0n) is 15.6. The molecule has 3 rings (SSSR count). The SMILES string of the molecule is COc1ccc(/C=C/C(=O)c2cccc(O)c2)cc1COc1cccc(Cl)c1Cl. The highest BCUT2D eigenvalue weighted by Gasteiger charge is 2.09. The number of methoxy groups -OCH3 is 1. The maximum absolute atomic E-state index is 12.3. The molecule has 0 aliphatic carbocycles. The van der Waals surface area contributed by atoms with Crippen LogP contribution in [0.1, 0.15) is 21.5 Å². The van der Waals surface area contributed by atoms with Crippen LogP contribution in [0.4, 0.5) is 0 Å². The van der Waals surface area contributed by atoms with Crippen molar-refractivity contribution >= 4 is 35.1 Å². The number of allylic oxidation sites excluding steroid dienone is 1. The molecule has 0 aromatic heterocycles. The minimum Gasteiger partial charge on any atom is -0.508 e. The molecule has 148 valence electrons. The number of carbonyl (C=O) groups excluding carboxylic acids is 1. The van der Waals surface area contributed by atoms with Gasteiger partial charge in [0.1, 0.15) is 28.9 Å². The first-order valence-electron chi connectivity index (χ1n) is 8.73. The van der Waals surface area contributed by atoms with Crippen LogP contribution in [0.25, 0.3) is 6.08 Å². The highest BCUT2D eigenvalue weighted by Crippen LogP contribution is 2.32. The van der Waals surface area contributed by atoms with Gasteiger partial charge in [0.2, 0.25) is 0 Å². The van der Waals surface area contributed by atoms with E-state index in [1.54, 1.807) is 49.6 Å². The van der Waals surface area contributed by atoms with E-state index < -0.39 is 0 Å². The van der Waals surface area contributed by atoms with Gasteiger partial charge in [0, 0.05) is 11.1 Å². The van der Waals surface area contributed by atoms with E-state index in [0.717, 1.165) is 11.1 Å². The molecule has 0 fully saturated rings. The van der Waals surface area contributed by atoms with Gasteiger partial charge in [-0.1, -0.05) is 53.5 Å². The summed E-state index contributed by atoms with van der Waals surface area (Å²) in [6.07, 6.45) is 3.15. The number of aromatic hydroxyl groups is 1. The highest BCUT2D eigenvalue weighted by atomic mass is 35.5. The summed E-state index contributed by atoms with van der Waals surface area (Å²) < 4.78 is 11.2. The van der Waals surface area contributed by atoms with Crippen LogP contribution in [-0.4, -0.2) is 18.0 Å². The maximum Gasteiger partial charge on any atom is 0.185 e. The van der Waals surface area contributed by atoms with Crippen molar-refractivity contribution in [3.05, 3.63) is 93.5 Å². The van der Waals surface area contributed by atoms with Gasteiger partial charge in [-0.05, 0) is 48.0 Å². The third kappa shape index (κ3) is 5.31. The molecule has 0 spiro atoms. The summed E-state index contributed by atoms with van der Waals surface area (Å²) >= 11 is 12.2. The number of rotatable bonds is 7. The first kappa shape index (κ1) is 20.8. The van der Waals surface area contributed by atoms with E-state index in [1.807, 2.05) is 12.1 Å². The van der Waals surface area contributed by atoms with E-state index in [0.29, 0.717) is 27.1 Å². The lowest BCUT2D eigenvalue weighted by atomic mass is 10.1. The van der Waals surface area contributed by atoms with Crippen LogP contribution >= 0.6 is 23.2 Å². The zero-order valence-corrected chi connectivity index (χ0v) is 17.1. The lowest BCUT2D eigenvalue weighted by Crippen LogP contribution is -2.00. The number of phenolic OH excluding ortho intramolecular Hbond substituents is 1. The summed E-state index contributed by atoms with van der Waals surface area (Å²) in [5.41, 5.74) is 2.00. The predicted molar refractivity (Wildman–Crippen MR) is 115 cm³/mol. The number of hydrogen-bond acceptors (Lipinski definition) is 4. The smallest absolute Gasteiger partial charge is 0.185 e. The van der Waals surface area contributed by atoms with Gasteiger partial charge in [-0.15, -0.1) is 0 Å². The van der Waals surface area contributed by atoms with Crippen molar-refractivity contribution in [1.29, 1.82) is 0 Å². The molecule has 0 radical (unpaired) electrons. The Labute approximate surface area is 178 Å². The summed E-state index contributed by atoms with van der Waals surface area (Å²) in [5, 5.41) is 10.3. The van der Waals surface area contributed by atoms with Crippen LogP contribution < -0.4 is 9.47 Å². The lowest BCUT2D eigenvalue weighted by molar-refractivity contribution is 0.104. The lowest BCUT2D eigenvalue weighted by Gasteiger charge is -2.12. The van der Waals surface area contributed by atoms with Crippen LogP contribution in [-0.2, 0) is 6.61 Å². The Kier molecular flexibility index (Phi) is 6.81. The topological polar surface area (TPSA) is 55.8 Å². The summed E-state index contributed by atoms with van der Waals surface area (Å²) in [6.45, 7) is 0.214. The average Bonchev–Trinajstić information content (AvgIpc) is 2.73. The third-order valence-electron chi connectivity index (χ3n) is 4.16. The van der Waals surface area contributed by atoms with Gasteiger partial charge in [0.05, 0.1) is 12.1 Å². The number of carbonyl (C=O) groups is 1. The van der Waals surface area contributed by atoms with Gasteiger partial charge >= 0.3 is 0 Å². The summed E-state index contributed by atoms with van der Waals surface area (Å²) in [6, 6.07) is 16.9. The van der Waals surface area contributed by atoms with Crippen LogP contribution in [0.3, 0.4) is 0 Å². The summed E-state index contributed by atoms with van der Waals surface area (Å²) in [7, 11) is 1.58. The molecule has 3 aromatic rings. The molecule has 3 aromatic carbocycles. The molecule has 0 aliphatic rings. The number of halogens is 2. The number of hydrogen-bond donors (Lipinski definition) is 1. The fourth-order valence-corrected chi connectivity index (χ4v) is 3.04. The van der Waals surface area contributed by atoms with Crippen molar-refractivity contribution in [2.24, 2.45) is 0 Å². The minimum absolute atomic E-state index is 0.0489. The van der Waals surface area contributed by atoms with Gasteiger partial charge < -0.3 is 14.6 Å². The van der Waals surface area contributed by atoms with Crippen molar-refractivity contribution < 1.29 is 19.4 Å². The molecule has 6 heteroatoms. The molecule has 0 aliphatic heterocycles. The molecule has 0 amide bonds. The number of phenols is 1. The van der Waals surface area contributed by atoms with Crippen molar-refractivity contribution in [3.63, 3.8) is 0 Å². The van der Waals surface area contributed by atoms with Gasteiger partial charge in [0.25, 0.3) is 0 Å². The second-order valence-electron chi connectivity index (χ2n) is 6.16. The molecular formula is C23H18Cl2O4. The number of ketones is 1. The zero-order chi connectivity index (χ0) is 20.8. The van der Waals surface area contributed by atoms with Gasteiger partial charge in [0.15, 0.2) is 5.78 Å². The Bertz CT molecular complexity index is 1060. The van der Waals surface area contributed by atoms with E-state index in [9.17, 15) is 9.90 Å². The number of benzene rings is 3. The second kappa shape index (κ2) is 9.50. The molecule has 4 nitrogen and oxygen atoms in total. The van der Waals surface area contributed by atoms with Gasteiger partial charge in [-0.2, -0.15) is 0 Å². The Balaban J connectivity index is 1.77. The Morgan fingerprint density at radius 3 is 2.59 bits per heavy atom. The monoisotopic (exact) mass is 428 g/mol. The first-order valence-corrected chi connectivity index (χ1v) is 9.48. The van der Waals surface area contributed by atoms with Crippen LogP contribution in [0.15, 0.2) is 66.7 Å². The van der Waals surface area contributed by atoms with Crippen LogP contribution in [0.5, 0.6) is 17.2 Å². The molecule has 0 saturated carbocycles. The third-order valence-corrected chi connectivity index (χ3v) is 4.96. The van der Waals surface area contributed by atoms with Crippen molar-refractivity contribution in [3.8, 4) is 17.2 Å². The molecule has 0 heterocycles. The van der Waals surface area contributed by atoms with E-state index in [-0.39, 0.29) is 18.1 Å². The highest BCUT2D eigenvalue weighted by molar-refractivity contribution is 6.42. The molecule has 29 heavy (non-hydrogen) atoms. The Morgan fingerprint density at radius 1 is 1.03 bits per heavy atom. The predicted octanol–water partition coefficient (Wildman–Crippen LogP) is 6.18. The summed E-state index contributed by atoms with van der Waals surface area (Å²) in [5.74, 6) is 0.967. The Hall–Kier alpha value is -2.95. The molecule has 0 saturated heterocycles. The van der Waals surface area contributed by atoms with E-state index in [2.05, 4.69) is 0 Å². The minimum atomic E-state index is -0.208. The molecule has 0 bridgehead atoms. The largest absolute Gasteiger partial charge is 0.508 e. The second-order valence-corrected chi connectivity index (χ2v) is 6.94. The quantitative estimate of drug-likeness (QED) is 0.360. The standard InChI is InChI=1S/C23H18Cl2O4/c1-28-21-11-9-15(8-10-20(27)16-4-2-5-18(26)13-16)12-17(21)14-29-22-7-3-6-19(24)23(22)25/h2-13,26H,14H2,1H3/b10-8+. The van der Waals surface area contributed by atoms with E-state index >= 15 is 0 Å². The average molecular weight is 429 g/mol. The fourth-order valence-electron chi connectivity index (χ4n) is 2.69. The van der Waals surface area contributed by atoms with Gasteiger partial charge in [-0.3, -0.25) is 4.79 Å². The van der Waals surface area contributed by atoms with Crippen molar-refractivity contribution in [2.45, 2.75) is 6.61 Å². The normalized spacial score (nSPS) is 10.9. The molecular weight excluding hydrogens is 411 g/mol. The van der Waals surface area contributed by atoms with E-state index in [1.165, 1.54) is 18.2 Å².